The van der Waals surface area contributed by atoms with Gasteiger partial charge in [-0.1, -0.05) is 0 Å². The SMILES string of the molecule is COc1cc(C(=O)NC(N)=O)ccc1O. The molecule has 3 amide bonds. The highest BCUT2D eigenvalue weighted by atomic mass is 16.5. The summed E-state index contributed by atoms with van der Waals surface area (Å²) < 4.78 is 4.79. The number of primary amides is 1. The van der Waals surface area contributed by atoms with E-state index in [2.05, 4.69) is 0 Å². The number of nitrogens with two attached hydrogens (primary N) is 1. The molecule has 6 nitrogen and oxygen atoms in total. The van der Waals surface area contributed by atoms with Crippen LogP contribution in [0.15, 0.2) is 18.2 Å². The van der Waals surface area contributed by atoms with E-state index in [-0.39, 0.29) is 17.1 Å². The number of nitrogens with one attached hydrogen (secondary N) is 1. The van der Waals surface area contributed by atoms with Gasteiger partial charge in [-0.05, 0) is 18.2 Å². The first-order chi connectivity index (χ1) is 7.04. The van der Waals surface area contributed by atoms with Gasteiger partial charge in [0.1, 0.15) is 0 Å². The van der Waals surface area contributed by atoms with Gasteiger partial charge in [0.25, 0.3) is 5.91 Å². The van der Waals surface area contributed by atoms with E-state index in [0.29, 0.717) is 0 Å². The lowest BCUT2D eigenvalue weighted by molar-refractivity contribution is 0.0966. The van der Waals surface area contributed by atoms with Gasteiger partial charge in [-0.25, -0.2) is 4.79 Å². The van der Waals surface area contributed by atoms with Crippen LogP contribution in [0.2, 0.25) is 0 Å². The maximum absolute atomic E-state index is 11.3. The minimum atomic E-state index is -0.938. The van der Waals surface area contributed by atoms with E-state index in [4.69, 9.17) is 10.5 Å². The molecule has 0 heterocycles. The summed E-state index contributed by atoms with van der Waals surface area (Å²) in [5, 5.41) is 11.1. The number of carbonyl (C=O) groups is 2. The summed E-state index contributed by atoms with van der Waals surface area (Å²) in [6.45, 7) is 0. The number of imide groups is 1. The first kappa shape index (κ1) is 10.8. The van der Waals surface area contributed by atoms with Gasteiger partial charge in [0.2, 0.25) is 0 Å². The van der Waals surface area contributed by atoms with Gasteiger partial charge in [0.05, 0.1) is 7.11 Å². The molecule has 1 aromatic carbocycles. The minimum Gasteiger partial charge on any atom is -0.504 e. The molecule has 0 radical (unpaired) electrons. The summed E-state index contributed by atoms with van der Waals surface area (Å²) in [6, 6.07) is 2.99. The van der Waals surface area contributed by atoms with Gasteiger partial charge in [-0.15, -0.1) is 0 Å². The fraction of sp³-hybridized carbons (Fsp3) is 0.111. The van der Waals surface area contributed by atoms with Gasteiger partial charge in [-0.3, -0.25) is 10.1 Å². The fourth-order valence-electron chi connectivity index (χ4n) is 1.00. The van der Waals surface area contributed by atoms with E-state index in [1.54, 1.807) is 0 Å². The lowest BCUT2D eigenvalue weighted by atomic mass is 10.2. The lowest BCUT2D eigenvalue weighted by Gasteiger charge is -2.05. The smallest absolute Gasteiger partial charge is 0.319 e. The van der Waals surface area contributed by atoms with Crippen LogP contribution in [-0.2, 0) is 0 Å². The first-order valence-electron chi connectivity index (χ1n) is 4.02. The van der Waals surface area contributed by atoms with Crippen molar-refractivity contribution in [3.05, 3.63) is 23.8 Å². The second-order valence-corrected chi connectivity index (χ2v) is 2.71. The molecule has 0 aromatic heterocycles. The molecular formula is C9H10N2O4. The van der Waals surface area contributed by atoms with E-state index >= 15 is 0 Å². The van der Waals surface area contributed by atoms with Crippen LogP contribution in [0.4, 0.5) is 4.79 Å². The molecule has 15 heavy (non-hydrogen) atoms. The summed E-state index contributed by atoms with van der Waals surface area (Å²) in [6.07, 6.45) is 0. The van der Waals surface area contributed by atoms with Crippen molar-refractivity contribution < 1.29 is 19.4 Å². The topological polar surface area (TPSA) is 102 Å². The van der Waals surface area contributed by atoms with E-state index in [1.807, 2.05) is 5.32 Å². The zero-order chi connectivity index (χ0) is 11.4. The molecule has 0 aliphatic heterocycles. The second kappa shape index (κ2) is 4.32. The highest BCUT2D eigenvalue weighted by Gasteiger charge is 2.10. The van der Waals surface area contributed by atoms with Crippen LogP contribution in [0.3, 0.4) is 0 Å². The number of hydrogen-bond donors (Lipinski definition) is 3. The fourth-order valence-corrected chi connectivity index (χ4v) is 1.00. The molecule has 0 unspecified atom stereocenters. The number of phenolic OH excluding ortho intramolecular Hbond substituents is 1. The summed E-state index contributed by atoms with van der Waals surface area (Å²) in [7, 11) is 1.35. The van der Waals surface area contributed by atoms with Gasteiger partial charge in [0, 0.05) is 5.56 Å². The number of methoxy groups -OCH3 is 1. The van der Waals surface area contributed by atoms with Gasteiger partial charge < -0.3 is 15.6 Å². The molecule has 1 aromatic rings. The summed E-state index contributed by atoms with van der Waals surface area (Å²) in [4.78, 5) is 21.7. The van der Waals surface area contributed by atoms with E-state index in [9.17, 15) is 14.7 Å². The number of phenols is 1. The Morgan fingerprint density at radius 3 is 2.67 bits per heavy atom. The molecule has 6 heteroatoms. The standard InChI is InChI=1S/C9H10N2O4/c1-15-7-4-5(2-3-6(7)12)8(13)11-9(10)14/h2-4,12H,1H3,(H3,10,11,13,14). The molecule has 0 spiro atoms. The third-order valence-electron chi connectivity index (χ3n) is 1.68. The molecule has 0 aliphatic carbocycles. The molecule has 1 rings (SSSR count). The number of benzene rings is 1. The first-order valence-corrected chi connectivity index (χ1v) is 4.02. The Balaban J connectivity index is 2.95. The third kappa shape index (κ3) is 2.60. The molecule has 0 saturated heterocycles. The van der Waals surface area contributed by atoms with Crippen LogP contribution in [-0.4, -0.2) is 24.2 Å². The van der Waals surface area contributed by atoms with Crippen LogP contribution < -0.4 is 15.8 Å². The number of aromatic hydroxyl groups is 1. The van der Waals surface area contributed by atoms with Crippen LogP contribution in [0.25, 0.3) is 0 Å². The largest absolute Gasteiger partial charge is 0.504 e. The van der Waals surface area contributed by atoms with E-state index in [0.717, 1.165) is 0 Å². The molecule has 80 valence electrons. The van der Waals surface area contributed by atoms with Crippen molar-refractivity contribution in [2.24, 2.45) is 5.73 Å². The zero-order valence-corrected chi connectivity index (χ0v) is 7.98. The molecule has 0 aliphatic rings. The van der Waals surface area contributed by atoms with Crippen molar-refractivity contribution in [3.63, 3.8) is 0 Å². The average molecular weight is 210 g/mol. The molecule has 0 bridgehead atoms. The Bertz CT molecular complexity index is 403. The highest BCUT2D eigenvalue weighted by molar-refractivity contribution is 6.04. The number of hydrogen-bond acceptors (Lipinski definition) is 4. The van der Waals surface area contributed by atoms with Crippen molar-refractivity contribution in [1.29, 1.82) is 0 Å². The van der Waals surface area contributed by atoms with Crippen molar-refractivity contribution in [1.82, 2.24) is 5.32 Å². The van der Waals surface area contributed by atoms with Gasteiger partial charge in [-0.2, -0.15) is 0 Å². The summed E-state index contributed by atoms with van der Waals surface area (Å²) >= 11 is 0. The monoisotopic (exact) mass is 210 g/mol. The number of carbonyl (C=O) groups excluding carboxylic acids is 2. The Kier molecular flexibility index (Phi) is 3.12. The summed E-state index contributed by atoms with van der Waals surface area (Å²) in [5.41, 5.74) is 4.95. The molecule has 0 atom stereocenters. The maximum atomic E-state index is 11.3. The number of ether oxygens (including phenoxy) is 1. The number of urea groups is 1. The Morgan fingerprint density at radius 2 is 2.13 bits per heavy atom. The predicted molar refractivity (Wildman–Crippen MR) is 51.7 cm³/mol. The molecule has 0 saturated carbocycles. The maximum Gasteiger partial charge on any atom is 0.319 e. The highest BCUT2D eigenvalue weighted by Crippen LogP contribution is 2.25. The predicted octanol–water partition coefficient (Wildman–Crippen LogP) is 0.209. The zero-order valence-electron chi connectivity index (χ0n) is 7.98. The average Bonchev–Trinajstić information content (AvgIpc) is 2.17. The molecule has 0 fully saturated rings. The van der Waals surface area contributed by atoms with Gasteiger partial charge in [0.15, 0.2) is 11.5 Å². The quantitative estimate of drug-likeness (QED) is 0.649. The second-order valence-electron chi connectivity index (χ2n) is 2.71. The van der Waals surface area contributed by atoms with E-state index in [1.165, 1.54) is 25.3 Å². The van der Waals surface area contributed by atoms with E-state index < -0.39 is 11.9 Å². The molecular weight excluding hydrogens is 200 g/mol. The van der Waals surface area contributed by atoms with Crippen LogP contribution in [0.5, 0.6) is 11.5 Å². The normalized spacial score (nSPS) is 9.40. The van der Waals surface area contributed by atoms with Crippen molar-refractivity contribution >= 4 is 11.9 Å². The van der Waals surface area contributed by atoms with Crippen LogP contribution in [0, 0.1) is 0 Å². The van der Waals surface area contributed by atoms with Crippen LogP contribution >= 0.6 is 0 Å². The van der Waals surface area contributed by atoms with Crippen molar-refractivity contribution in [2.45, 2.75) is 0 Å². The van der Waals surface area contributed by atoms with Crippen molar-refractivity contribution in [2.75, 3.05) is 7.11 Å². The Hall–Kier alpha value is -2.24. The van der Waals surface area contributed by atoms with Crippen molar-refractivity contribution in [3.8, 4) is 11.5 Å². The Morgan fingerprint density at radius 1 is 1.47 bits per heavy atom. The minimum absolute atomic E-state index is 0.0897. The van der Waals surface area contributed by atoms with Crippen LogP contribution in [0.1, 0.15) is 10.4 Å². The summed E-state index contributed by atoms with van der Waals surface area (Å²) in [5.74, 6) is -0.596. The number of amides is 3. The van der Waals surface area contributed by atoms with Gasteiger partial charge >= 0.3 is 6.03 Å². The number of rotatable bonds is 2. The molecule has 4 N–H and O–H groups in total. The lowest BCUT2D eigenvalue weighted by Crippen LogP contribution is -2.34. The third-order valence-corrected chi connectivity index (χ3v) is 1.68. The Labute approximate surface area is 85.6 Å².